The topological polar surface area (TPSA) is 43.8 Å². The Morgan fingerprint density at radius 2 is 1.67 bits per heavy atom. The number of likely N-dealkylation sites (tertiary alicyclic amines) is 2. The lowest BCUT2D eigenvalue weighted by atomic mass is 9.73. The Morgan fingerprint density at radius 3 is 2.38 bits per heavy atom. The van der Waals surface area contributed by atoms with Crippen molar-refractivity contribution >= 4 is 5.91 Å². The number of amides is 1. The summed E-state index contributed by atoms with van der Waals surface area (Å²) in [5.41, 5.74) is 2.13. The summed E-state index contributed by atoms with van der Waals surface area (Å²) in [6.45, 7) is 3.16. The molecule has 4 heteroatoms. The van der Waals surface area contributed by atoms with Gasteiger partial charge >= 0.3 is 0 Å². The second-order valence-electron chi connectivity index (χ2n) is 8.06. The molecular weight excluding hydrogens is 300 g/mol. The summed E-state index contributed by atoms with van der Waals surface area (Å²) in [6.07, 6.45) is 5.57. The molecule has 4 nitrogen and oxygen atoms in total. The SMILES string of the molecule is CN1CCC(O)(C(=O)N2CCC3(CCc4ccccc43)CC2)CC1. The predicted octanol–water partition coefficient (Wildman–Crippen LogP) is 1.95. The molecule has 0 bridgehead atoms. The summed E-state index contributed by atoms with van der Waals surface area (Å²) in [4.78, 5) is 17.0. The maximum Gasteiger partial charge on any atom is 0.254 e. The molecule has 0 atom stereocenters. The number of carbonyl (C=O) groups excluding carboxylic acids is 1. The van der Waals surface area contributed by atoms with E-state index in [1.165, 1.54) is 24.0 Å². The van der Waals surface area contributed by atoms with Gasteiger partial charge in [0.25, 0.3) is 5.91 Å². The second kappa shape index (κ2) is 5.85. The minimum atomic E-state index is -1.13. The number of hydrogen-bond acceptors (Lipinski definition) is 3. The van der Waals surface area contributed by atoms with E-state index < -0.39 is 5.60 Å². The Morgan fingerprint density at radius 1 is 1.00 bits per heavy atom. The van der Waals surface area contributed by atoms with Crippen LogP contribution in [0.4, 0.5) is 0 Å². The van der Waals surface area contributed by atoms with Crippen molar-refractivity contribution in [1.29, 1.82) is 0 Å². The smallest absolute Gasteiger partial charge is 0.254 e. The van der Waals surface area contributed by atoms with Gasteiger partial charge in [0.05, 0.1) is 0 Å². The van der Waals surface area contributed by atoms with Crippen molar-refractivity contribution in [2.75, 3.05) is 33.2 Å². The average molecular weight is 328 g/mol. The number of aliphatic hydroxyl groups is 1. The molecule has 3 aliphatic rings. The van der Waals surface area contributed by atoms with Gasteiger partial charge in [0, 0.05) is 26.2 Å². The minimum absolute atomic E-state index is 0.0308. The van der Waals surface area contributed by atoms with E-state index in [9.17, 15) is 9.90 Å². The first-order valence-corrected chi connectivity index (χ1v) is 9.31. The van der Waals surface area contributed by atoms with Crippen LogP contribution in [-0.2, 0) is 16.6 Å². The van der Waals surface area contributed by atoms with Crippen molar-refractivity contribution in [2.24, 2.45) is 0 Å². The lowest BCUT2D eigenvalue weighted by molar-refractivity contribution is -0.157. The zero-order valence-electron chi connectivity index (χ0n) is 14.6. The molecule has 1 amide bonds. The largest absolute Gasteiger partial charge is 0.380 e. The van der Waals surface area contributed by atoms with Crippen LogP contribution in [0, 0.1) is 0 Å². The highest BCUT2D eigenvalue weighted by Crippen LogP contribution is 2.46. The third-order valence-electron chi connectivity index (χ3n) is 6.68. The van der Waals surface area contributed by atoms with Crippen molar-refractivity contribution in [3.8, 4) is 0 Å². The van der Waals surface area contributed by atoms with Gasteiger partial charge in [-0.2, -0.15) is 0 Å². The van der Waals surface area contributed by atoms with E-state index in [4.69, 9.17) is 0 Å². The van der Waals surface area contributed by atoms with Crippen molar-refractivity contribution in [3.05, 3.63) is 35.4 Å². The fourth-order valence-corrected chi connectivity index (χ4v) is 4.92. The number of hydrogen-bond donors (Lipinski definition) is 1. The molecule has 130 valence electrons. The number of carbonyl (C=O) groups is 1. The Hall–Kier alpha value is -1.39. The van der Waals surface area contributed by atoms with E-state index >= 15 is 0 Å². The van der Waals surface area contributed by atoms with Crippen LogP contribution in [0.15, 0.2) is 24.3 Å². The highest BCUT2D eigenvalue weighted by Gasteiger charge is 2.46. The van der Waals surface area contributed by atoms with E-state index in [1.807, 2.05) is 11.9 Å². The third-order valence-corrected chi connectivity index (χ3v) is 6.68. The van der Waals surface area contributed by atoms with E-state index in [0.29, 0.717) is 12.8 Å². The number of rotatable bonds is 1. The van der Waals surface area contributed by atoms with Gasteiger partial charge in [0.2, 0.25) is 0 Å². The van der Waals surface area contributed by atoms with Crippen molar-refractivity contribution < 1.29 is 9.90 Å². The second-order valence-corrected chi connectivity index (χ2v) is 8.06. The summed E-state index contributed by atoms with van der Waals surface area (Å²) < 4.78 is 0. The molecule has 1 aromatic carbocycles. The van der Waals surface area contributed by atoms with Crippen LogP contribution in [0.5, 0.6) is 0 Å². The maximum atomic E-state index is 12.9. The molecule has 0 radical (unpaired) electrons. The van der Waals surface area contributed by atoms with Gasteiger partial charge in [0.15, 0.2) is 0 Å². The molecule has 2 heterocycles. The third kappa shape index (κ3) is 2.56. The standard InChI is InChI=1S/C20H28N2O2/c1-21-12-10-20(24,11-13-21)18(23)22-14-8-19(9-15-22)7-6-16-4-2-3-5-17(16)19/h2-5,24H,6-15H2,1H3. The molecule has 0 saturated carbocycles. The Labute approximate surface area is 144 Å². The molecule has 4 rings (SSSR count). The maximum absolute atomic E-state index is 12.9. The van der Waals surface area contributed by atoms with Crippen LogP contribution in [0.2, 0.25) is 0 Å². The normalized spacial score (nSPS) is 25.7. The van der Waals surface area contributed by atoms with E-state index in [0.717, 1.165) is 39.0 Å². The van der Waals surface area contributed by atoms with Crippen LogP contribution in [0.25, 0.3) is 0 Å². The van der Waals surface area contributed by atoms with E-state index in [1.54, 1.807) is 0 Å². The first-order valence-electron chi connectivity index (χ1n) is 9.31. The van der Waals surface area contributed by atoms with E-state index in [-0.39, 0.29) is 11.3 Å². The van der Waals surface area contributed by atoms with Crippen molar-refractivity contribution in [1.82, 2.24) is 9.80 Å². The number of benzene rings is 1. The fraction of sp³-hybridized carbons (Fsp3) is 0.650. The van der Waals surface area contributed by atoms with Crippen LogP contribution in [-0.4, -0.2) is 59.6 Å². The van der Waals surface area contributed by atoms with Crippen molar-refractivity contribution in [2.45, 2.75) is 49.5 Å². The molecule has 24 heavy (non-hydrogen) atoms. The Balaban J connectivity index is 1.44. The van der Waals surface area contributed by atoms with Gasteiger partial charge in [-0.15, -0.1) is 0 Å². The summed E-state index contributed by atoms with van der Waals surface area (Å²) in [5.74, 6) is -0.0308. The molecule has 0 unspecified atom stereocenters. The number of fused-ring (bicyclic) bond motifs is 2. The fourth-order valence-electron chi connectivity index (χ4n) is 4.92. The molecule has 1 aliphatic carbocycles. The highest BCUT2D eigenvalue weighted by atomic mass is 16.3. The zero-order valence-corrected chi connectivity index (χ0v) is 14.6. The summed E-state index contributed by atoms with van der Waals surface area (Å²) in [6, 6.07) is 8.81. The van der Waals surface area contributed by atoms with Crippen LogP contribution < -0.4 is 0 Å². The van der Waals surface area contributed by atoms with Gasteiger partial charge in [-0.3, -0.25) is 4.79 Å². The van der Waals surface area contributed by atoms with Gasteiger partial charge in [-0.25, -0.2) is 0 Å². The number of nitrogens with zero attached hydrogens (tertiary/aromatic N) is 2. The molecule has 1 spiro atoms. The molecule has 2 aliphatic heterocycles. The summed E-state index contributed by atoms with van der Waals surface area (Å²) in [5, 5.41) is 10.8. The Kier molecular flexibility index (Phi) is 3.92. The first-order chi connectivity index (χ1) is 11.5. The Bertz CT molecular complexity index is 626. The van der Waals surface area contributed by atoms with Crippen molar-refractivity contribution in [3.63, 3.8) is 0 Å². The molecule has 1 aromatic rings. The first kappa shape index (κ1) is 16.1. The molecule has 1 N–H and O–H groups in total. The molecule has 0 aromatic heterocycles. The lowest BCUT2D eigenvalue weighted by Crippen LogP contribution is -2.56. The van der Waals surface area contributed by atoms with Gasteiger partial charge in [0.1, 0.15) is 5.60 Å². The van der Waals surface area contributed by atoms with Gasteiger partial charge in [-0.05, 0) is 62.1 Å². The van der Waals surface area contributed by atoms with Gasteiger partial charge in [-0.1, -0.05) is 24.3 Å². The van der Waals surface area contributed by atoms with Crippen LogP contribution >= 0.6 is 0 Å². The lowest BCUT2D eigenvalue weighted by Gasteiger charge is -2.44. The molecule has 2 saturated heterocycles. The number of aryl methyl sites for hydroxylation is 1. The summed E-state index contributed by atoms with van der Waals surface area (Å²) in [7, 11) is 2.05. The van der Waals surface area contributed by atoms with Crippen LogP contribution in [0.3, 0.4) is 0 Å². The average Bonchev–Trinajstić information content (AvgIpc) is 2.97. The predicted molar refractivity (Wildman–Crippen MR) is 93.9 cm³/mol. The zero-order chi connectivity index (χ0) is 16.8. The number of piperidine rings is 2. The van der Waals surface area contributed by atoms with Gasteiger partial charge < -0.3 is 14.9 Å². The van der Waals surface area contributed by atoms with Crippen LogP contribution in [0.1, 0.15) is 43.2 Å². The molecule has 2 fully saturated rings. The minimum Gasteiger partial charge on any atom is -0.380 e. The quantitative estimate of drug-likeness (QED) is 0.857. The molecular formula is C20H28N2O2. The highest BCUT2D eigenvalue weighted by molar-refractivity contribution is 5.85. The van der Waals surface area contributed by atoms with E-state index in [2.05, 4.69) is 29.2 Å². The monoisotopic (exact) mass is 328 g/mol. The summed E-state index contributed by atoms with van der Waals surface area (Å²) >= 11 is 0.